The molecule has 8 rings (SSSR count). The molecule has 5 heterocycles. The topological polar surface area (TPSA) is 147 Å². The smallest absolute Gasteiger partial charge is 0.317 e. The number of carbonyl (C=O) groups is 3. The number of anilines is 5. The van der Waals surface area contributed by atoms with Gasteiger partial charge in [-0.2, -0.15) is 0 Å². The second kappa shape index (κ2) is 18.7. The molecule has 0 aliphatic carbocycles. The molecule has 14 heteroatoms. The fraction of sp³-hybridized carbons (Fsp3) is 0.457. The van der Waals surface area contributed by atoms with Crippen molar-refractivity contribution in [3.8, 4) is 11.3 Å². The maximum atomic E-state index is 12.6. The second-order valence-electron chi connectivity index (χ2n) is 16.9. The molecule has 60 heavy (non-hydrogen) atoms. The molecular formula is C46H58N10O4. The molecule has 4 fully saturated rings. The number of nitrogens with zero attached hydrogens (tertiary/aromatic N) is 6. The van der Waals surface area contributed by atoms with Crippen LogP contribution in [0, 0.1) is 12.8 Å². The molecule has 0 bridgehead atoms. The van der Waals surface area contributed by atoms with Gasteiger partial charge in [0.15, 0.2) is 0 Å². The zero-order valence-corrected chi connectivity index (χ0v) is 35.0. The molecule has 0 spiro atoms. The fourth-order valence-corrected chi connectivity index (χ4v) is 8.60. The van der Waals surface area contributed by atoms with Gasteiger partial charge in [0, 0.05) is 93.3 Å². The Bertz CT molecular complexity index is 2110. The molecule has 1 aromatic heterocycles. The molecule has 4 aliphatic heterocycles. The van der Waals surface area contributed by atoms with Crippen LogP contribution < -0.4 is 31.1 Å². The maximum absolute atomic E-state index is 12.6. The molecule has 14 nitrogen and oxygen atoms in total. The van der Waals surface area contributed by atoms with Crippen molar-refractivity contribution in [2.24, 2.45) is 5.92 Å². The van der Waals surface area contributed by atoms with E-state index < -0.39 is 0 Å². The van der Waals surface area contributed by atoms with Gasteiger partial charge < -0.3 is 35.4 Å². The van der Waals surface area contributed by atoms with Crippen LogP contribution in [-0.2, 0) is 20.9 Å². The number of benzene rings is 3. The van der Waals surface area contributed by atoms with Gasteiger partial charge in [-0.3, -0.25) is 19.8 Å². The van der Waals surface area contributed by atoms with Crippen LogP contribution in [0.4, 0.5) is 33.5 Å². The number of aryl methyl sites for hydroxylation is 1. The minimum atomic E-state index is -0.369. The molecule has 4 N–H and O–H groups in total. The Kier molecular flexibility index (Phi) is 12.8. The third-order valence-electron chi connectivity index (χ3n) is 12.1. The van der Waals surface area contributed by atoms with Crippen LogP contribution in [0.5, 0.6) is 0 Å². The second-order valence-corrected chi connectivity index (χ2v) is 16.9. The van der Waals surface area contributed by atoms with Crippen molar-refractivity contribution in [1.82, 2.24) is 30.4 Å². The predicted octanol–water partition coefficient (Wildman–Crippen LogP) is 5.77. The van der Waals surface area contributed by atoms with E-state index in [0.717, 1.165) is 79.6 Å². The van der Waals surface area contributed by atoms with Gasteiger partial charge in [0.25, 0.3) is 0 Å². The molecular weight excluding hydrogens is 757 g/mol. The van der Waals surface area contributed by atoms with E-state index >= 15 is 0 Å². The highest BCUT2D eigenvalue weighted by molar-refractivity contribution is 6.01. The van der Waals surface area contributed by atoms with Crippen molar-refractivity contribution in [3.05, 3.63) is 90.1 Å². The van der Waals surface area contributed by atoms with E-state index in [9.17, 15) is 14.4 Å². The zero-order chi connectivity index (χ0) is 41.6. The first-order chi connectivity index (χ1) is 29.1. The molecule has 3 aromatic carbocycles. The Hall–Kier alpha value is -5.73. The summed E-state index contributed by atoms with van der Waals surface area (Å²) in [5.41, 5.74) is 8.25. The minimum Gasteiger partial charge on any atom is -0.374 e. The van der Waals surface area contributed by atoms with Gasteiger partial charge in [0.2, 0.25) is 17.8 Å². The lowest BCUT2D eigenvalue weighted by Crippen LogP contribution is -2.58. The molecule has 4 aromatic rings. The zero-order valence-electron chi connectivity index (χ0n) is 35.0. The number of amides is 4. The summed E-state index contributed by atoms with van der Waals surface area (Å²) in [6, 6.07) is 24.6. The highest BCUT2D eigenvalue weighted by atomic mass is 16.5. The van der Waals surface area contributed by atoms with Crippen molar-refractivity contribution in [3.63, 3.8) is 0 Å². The molecule has 316 valence electrons. The van der Waals surface area contributed by atoms with E-state index in [1.807, 2.05) is 38.1 Å². The largest absolute Gasteiger partial charge is 0.374 e. The van der Waals surface area contributed by atoms with E-state index in [-0.39, 0.29) is 36.1 Å². The number of imide groups is 1. The quantitative estimate of drug-likeness (QED) is 0.122. The van der Waals surface area contributed by atoms with E-state index in [4.69, 9.17) is 9.72 Å². The average molecular weight is 815 g/mol. The van der Waals surface area contributed by atoms with Crippen molar-refractivity contribution >= 4 is 46.5 Å². The Morgan fingerprint density at radius 1 is 0.850 bits per heavy atom. The molecule has 0 saturated carbocycles. The van der Waals surface area contributed by atoms with Crippen molar-refractivity contribution in [1.29, 1.82) is 0 Å². The minimum absolute atomic E-state index is 0.0608. The Labute approximate surface area is 353 Å². The van der Waals surface area contributed by atoms with Crippen LogP contribution in [0.1, 0.15) is 50.7 Å². The van der Waals surface area contributed by atoms with E-state index in [2.05, 4.69) is 96.4 Å². The van der Waals surface area contributed by atoms with Crippen molar-refractivity contribution in [2.75, 3.05) is 79.3 Å². The predicted molar refractivity (Wildman–Crippen MR) is 236 cm³/mol. The van der Waals surface area contributed by atoms with Crippen LogP contribution in [0.25, 0.3) is 11.3 Å². The lowest BCUT2D eigenvalue weighted by atomic mass is 9.95. The number of piperazine rings is 1. The van der Waals surface area contributed by atoms with Gasteiger partial charge in [-0.05, 0) is 118 Å². The summed E-state index contributed by atoms with van der Waals surface area (Å²) < 4.78 is 5.77. The van der Waals surface area contributed by atoms with Gasteiger partial charge in [-0.1, -0.05) is 12.1 Å². The Balaban J connectivity index is 0.751. The van der Waals surface area contributed by atoms with Crippen molar-refractivity contribution < 1.29 is 19.1 Å². The third-order valence-corrected chi connectivity index (χ3v) is 12.1. The highest BCUT2D eigenvalue weighted by Gasteiger charge is 2.32. The van der Waals surface area contributed by atoms with Crippen molar-refractivity contribution in [2.45, 2.75) is 71.2 Å². The number of carbonyl (C=O) groups excluding carboxylic acids is 3. The van der Waals surface area contributed by atoms with E-state index in [1.165, 1.54) is 24.2 Å². The number of hydrogen-bond acceptors (Lipinski definition) is 11. The van der Waals surface area contributed by atoms with E-state index in [1.54, 1.807) is 11.1 Å². The molecule has 4 saturated heterocycles. The number of likely N-dealkylation sites (tertiary alicyclic amines) is 1. The summed E-state index contributed by atoms with van der Waals surface area (Å²) in [7, 11) is 0. The number of urea groups is 1. The van der Waals surface area contributed by atoms with Crippen LogP contribution in [0.2, 0.25) is 0 Å². The summed E-state index contributed by atoms with van der Waals surface area (Å²) >= 11 is 0. The lowest BCUT2D eigenvalue weighted by Gasteiger charge is -2.40. The monoisotopic (exact) mass is 814 g/mol. The number of nitrogens with one attached hydrogen (secondary N) is 4. The van der Waals surface area contributed by atoms with E-state index in [0.29, 0.717) is 44.3 Å². The average Bonchev–Trinajstić information content (AvgIpc) is 3.24. The Morgan fingerprint density at radius 2 is 1.53 bits per heavy atom. The van der Waals surface area contributed by atoms with Gasteiger partial charge >= 0.3 is 6.03 Å². The van der Waals surface area contributed by atoms with Gasteiger partial charge in [-0.15, -0.1) is 0 Å². The lowest BCUT2D eigenvalue weighted by molar-refractivity contribution is -0.133. The number of piperidine rings is 2. The molecule has 4 amide bonds. The first-order valence-corrected chi connectivity index (χ1v) is 21.5. The number of rotatable bonds is 13. The molecule has 1 atom stereocenters. The van der Waals surface area contributed by atoms with Crippen LogP contribution in [0.3, 0.4) is 0 Å². The normalized spacial score (nSPS) is 19.3. The summed E-state index contributed by atoms with van der Waals surface area (Å²) in [5, 5.41) is 12.1. The van der Waals surface area contributed by atoms with Gasteiger partial charge in [0.1, 0.15) is 6.04 Å². The first kappa shape index (κ1) is 41.0. The highest BCUT2D eigenvalue weighted by Crippen LogP contribution is 2.28. The summed E-state index contributed by atoms with van der Waals surface area (Å²) in [4.78, 5) is 54.8. The van der Waals surface area contributed by atoms with Crippen LogP contribution in [0.15, 0.2) is 79.0 Å². The summed E-state index contributed by atoms with van der Waals surface area (Å²) in [5.74, 6) is 0.793. The number of ether oxygens (including phenoxy) is 1. The number of aromatic nitrogens is 2. The summed E-state index contributed by atoms with van der Waals surface area (Å²) in [6.45, 7) is 15.2. The third kappa shape index (κ3) is 10.3. The summed E-state index contributed by atoms with van der Waals surface area (Å²) in [6.07, 6.45) is 5.32. The molecule has 1 unspecified atom stereocenters. The number of hydrogen-bond donors (Lipinski definition) is 4. The van der Waals surface area contributed by atoms with Gasteiger partial charge in [-0.25, -0.2) is 14.8 Å². The molecule has 4 aliphatic rings. The van der Waals surface area contributed by atoms with Crippen LogP contribution >= 0.6 is 0 Å². The van der Waals surface area contributed by atoms with Gasteiger partial charge in [0.05, 0.1) is 31.0 Å². The van der Waals surface area contributed by atoms with Crippen LogP contribution in [-0.4, -0.2) is 115 Å². The standard InChI is InChI=1S/C46H58N10O4/c1-31(2)60-40-29-56(30-40)46(59)48-27-35-5-4-34(26-32(35)3)41-16-19-47-45(51-41)50-37-8-12-39(13-9-37)55-24-22-53(23-25-55)28-33-17-20-54(21-18-33)38-10-6-36(7-11-38)49-42-14-15-43(57)52-44(42)58/h4-13,16,19,26,31,33,40,42,49H,14-15,17-18,20-25,27-30H2,1-3H3,(H,48,59)(H,47,50,51)(H,52,57,58). The fourth-order valence-electron chi connectivity index (χ4n) is 8.60. The maximum Gasteiger partial charge on any atom is 0.317 e. The Morgan fingerprint density at radius 3 is 2.20 bits per heavy atom. The first-order valence-electron chi connectivity index (χ1n) is 21.5. The molecule has 0 radical (unpaired) electrons. The SMILES string of the molecule is Cc1cc(-c2ccnc(Nc3ccc(N4CCN(CC5CCN(c6ccc(NC7CCC(=O)NC7=O)cc6)CC5)CC4)cc3)n2)ccc1CNC(=O)N1CC(OC(C)C)C1.